The van der Waals surface area contributed by atoms with E-state index < -0.39 is 0 Å². The highest BCUT2D eigenvalue weighted by molar-refractivity contribution is 5.93. The Hall–Kier alpha value is -2.96. The Morgan fingerprint density at radius 3 is 2.22 bits per heavy atom. The molecule has 2 amide bonds. The number of hydrogen-bond acceptors (Lipinski definition) is 5. The van der Waals surface area contributed by atoms with Crippen molar-refractivity contribution in [3.05, 3.63) is 53.3 Å². The molecule has 0 bridgehead atoms. The summed E-state index contributed by atoms with van der Waals surface area (Å²) >= 11 is 0. The summed E-state index contributed by atoms with van der Waals surface area (Å²) in [7, 11) is 0. The van der Waals surface area contributed by atoms with Gasteiger partial charge in [0, 0.05) is 58.6 Å². The molecule has 3 heterocycles. The highest BCUT2D eigenvalue weighted by Gasteiger charge is 2.23. The molecule has 0 saturated carbocycles. The average Bonchev–Trinajstić information content (AvgIpc) is 2.73. The van der Waals surface area contributed by atoms with E-state index in [1.807, 2.05) is 26.8 Å². The van der Waals surface area contributed by atoms with Crippen LogP contribution in [0.1, 0.15) is 28.4 Å². The summed E-state index contributed by atoms with van der Waals surface area (Å²) in [5, 5.41) is 0. The van der Waals surface area contributed by atoms with Gasteiger partial charge in [-0.25, -0.2) is 9.97 Å². The van der Waals surface area contributed by atoms with Crippen molar-refractivity contribution in [2.24, 2.45) is 0 Å². The molecule has 0 N–H and O–H groups in total. The van der Waals surface area contributed by atoms with Crippen LogP contribution in [0, 0.1) is 0 Å². The Labute approximate surface area is 158 Å². The molecule has 0 spiro atoms. The van der Waals surface area contributed by atoms with Gasteiger partial charge in [0.2, 0.25) is 11.9 Å². The van der Waals surface area contributed by atoms with E-state index >= 15 is 0 Å². The van der Waals surface area contributed by atoms with Crippen molar-refractivity contribution in [3.63, 3.8) is 0 Å². The monoisotopic (exact) mass is 365 g/mol. The molecule has 7 nitrogen and oxygen atoms in total. The molecule has 2 aromatic rings. The molecule has 0 radical (unpaired) electrons. The van der Waals surface area contributed by atoms with E-state index in [2.05, 4.69) is 22.1 Å². The third-order valence-corrected chi connectivity index (χ3v) is 5.31. The molecule has 0 unspecified atom stereocenters. The largest absolute Gasteiger partial charge is 0.339 e. The molecule has 4 rings (SSSR count). The van der Waals surface area contributed by atoms with Crippen LogP contribution >= 0.6 is 0 Å². The van der Waals surface area contributed by atoms with Crippen LogP contribution < -0.4 is 4.90 Å². The topological polar surface area (TPSA) is 69.6 Å². The molecular formula is C20H23N5O2. The highest BCUT2D eigenvalue weighted by Crippen LogP contribution is 2.20. The van der Waals surface area contributed by atoms with Crippen LogP contribution in [0.15, 0.2) is 36.7 Å². The zero-order valence-corrected chi connectivity index (χ0v) is 15.5. The zero-order chi connectivity index (χ0) is 18.8. The van der Waals surface area contributed by atoms with Gasteiger partial charge in [-0.15, -0.1) is 0 Å². The lowest BCUT2D eigenvalue weighted by Crippen LogP contribution is -2.48. The summed E-state index contributed by atoms with van der Waals surface area (Å²) in [5.74, 6) is 0.677. The van der Waals surface area contributed by atoms with Gasteiger partial charge in [-0.05, 0) is 17.5 Å². The molecule has 1 aromatic carbocycles. The van der Waals surface area contributed by atoms with Crippen LogP contribution in [0.3, 0.4) is 0 Å². The van der Waals surface area contributed by atoms with Gasteiger partial charge in [0.15, 0.2) is 0 Å². The minimum atomic E-state index is -0.0301. The molecule has 27 heavy (non-hydrogen) atoms. The third kappa shape index (κ3) is 3.63. The van der Waals surface area contributed by atoms with E-state index in [1.165, 1.54) is 11.1 Å². The number of nitrogens with zero attached hydrogens (tertiary/aromatic N) is 5. The fourth-order valence-corrected chi connectivity index (χ4v) is 3.67. The molecule has 0 aliphatic carbocycles. The predicted octanol–water partition coefficient (Wildman–Crippen LogP) is 1.34. The maximum absolute atomic E-state index is 12.8. The Balaban J connectivity index is 1.41. The van der Waals surface area contributed by atoms with E-state index in [9.17, 15) is 9.59 Å². The van der Waals surface area contributed by atoms with Gasteiger partial charge >= 0.3 is 0 Å². The Bertz CT molecular complexity index is 844. The Morgan fingerprint density at radius 1 is 0.889 bits per heavy atom. The number of piperazine rings is 1. The van der Waals surface area contributed by atoms with Crippen LogP contribution in [0.4, 0.5) is 5.95 Å². The van der Waals surface area contributed by atoms with Gasteiger partial charge < -0.3 is 14.7 Å². The van der Waals surface area contributed by atoms with Crippen LogP contribution in [0.5, 0.6) is 0 Å². The summed E-state index contributed by atoms with van der Waals surface area (Å²) in [6.07, 6.45) is 4.10. The number of benzene rings is 1. The van der Waals surface area contributed by atoms with Crippen molar-refractivity contribution in [2.75, 3.05) is 37.6 Å². The van der Waals surface area contributed by atoms with Crippen LogP contribution in [0.25, 0.3) is 0 Å². The van der Waals surface area contributed by atoms with E-state index in [4.69, 9.17) is 0 Å². The standard InChI is InChI=1S/C20H23N5O2/c1-15(26)23-8-10-24(11-9-23)20-21-12-18(13-22-20)19(27)25-7-6-16-4-2-3-5-17(16)14-25/h2-5,12-13H,6-11,14H2,1H3. The number of rotatable bonds is 2. The van der Waals surface area contributed by atoms with Crippen molar-refractivity contribution in [1.82, 2.24) is 19.8 Å². The van der Waals surface area contributed by atoms with Crippen molar-refractivity contribution in [3.8, 4) is 0 Å². The molecule has 1 saturated heterocycles. The van der Waals surface area contributed by atoms with Gasteiger partial charge in [-0.3, -0.25) is 9.59 Å². The summed E-state index contributed by atoms with van der Waals surface area (Å²) in [6, 6.07) is 8.26. The van der Waals surface area contributed by atoms with E-state index in [0.717, 1.165) is 6.42 Å². The van der Waals surface area contributed by atoms with Crippen molar-refractivity contribution < 1.29 is 9.59 Å². The number of fused-ring (bicyclic) bond motifs is 1. The van der Waals surface area contributed by atoms with Gasteiger partial charge in [-0.1, -0.05) is 24.3 Å². The lowest BCUT2D eigenvalue weighted by Gasteiger charge is -2.34. The molecule has 2 aliphatic heterocycles. The first-order valence-electron chi connectivity index (χ1n) is 9.30. The first-order chi connectivity index (χ1) is 13.1. The average molecular weight is 365 g/mol. The first-order valence-corrected chi connectivity index (χ1v) is 9.30. The van der Waals surface area contributed by atoms with Gasteiger partial charge in [0.1, 0.15) is 0 Å². The van der Waals surface area contributed by atoms with Crippen LogP contribution in [-0.4, -0.2) is 64.3 Å². The Kier molecular flexibility index (Phi) is 4.75. The number of anilines is 1. The molecule has 1 aromatic heterocycles. The maximum Gasteiger partial charge on any atom is 0.257 e. The first kappa shape index (κ1) is 17.5. The fraction of sp³-hybridized carbons (Fsp3) is 0.400. The van der Waals surface area contributed by atoms with Gasteiger partial charge in [-0.2, -0.15) is 0 Å². The molecule has 140 valence electrons. The number of aromatic nitrogens is 2. The van der Waals surface area contributed by atoms with E-state index in [0.29, 0.717) is 50.8 Å². The SMILES string of the molecule is CC(=O)N1CCN(c2ncc(C(=O)N3CCc4ccccc4C3)cn2)CC1. The fourth-order valence-electron chi connectivity index (χ4n) is 3.67. The number of amides is 2. The number of carbonyl (C=O) groups excluding carboxylic acids is 2. The second kappa shape index (κ2) is 7.34. The van der Waals surface area contributed by atoms with E-state index in [-0.39, 0.29) is 11.8 Å². The molecule has 2 aliphatic rings. The summed E-state index contributed by atoms with van der Waals surface area (Å²) in [6.45, 7) is 5.69. The normalized spacial score (nSPS) is 16.9. The summed E-state index contributed by atoms with van der Waals surface area (Å²) in [4.78, 5) is 38.7. The van der Waals surface area contributed by atoms with Crippen molar-refractivity contribution in [1.29, 1.82) is 0 Å². The smallest absolute Gasteiger partial charge is 0.257 e. The van der Waals surface area contributed by atoms with E-state index in [1.54, 1.807) is 19.3 Å². The summed E-state index contributed by atoms with van der Waals surface area (Å²) in [5.41, 5.74) is 3.04. The maximum atomic E-state index is 12.8. The summed E-state index contributed by atoms with van der Waals surface area (Å²) < 4.78 is 0. The quantitative estimate of drug-likeness (QED) is 0.803. The van der Waals surface area contributed by atoms with Gasteiger partial charge in [0.05, 0.1) is 5.56 Å². The minimum Gasteiger partial charge on any atom is -0.339 e. The molecule has 0 atom stereocenters. The van der Waals surface area contributed by atoms with Gasteiger partial charge in [0.25, 0.3) is 5.91 Å². The second-order valence-corrected chi connectivity index (χ2v) is 7.01. The molecule has 7 heteroatoms. The number of carbonyl (C=O) groups is 2. The molecular weight excluding hydrogens is 342 g/mol. The lowest BCUT2D eigenvalue weighted by atomic mass is 9.99. The zero-order valence-electron chi connectivity index (χ0n) is 15.5. The number of hydrogen-bond donors (Lipinski definition) is 0. The Morgan fingerprint density at radius 2 is 1.56 bits per heavy atom. The highest BCUT2D eigenvalue weighted by atomic mass is 16.2. The second-order valence-electron chi connectivity index (χ2n) is 7.01. The predicted molar refractivity (Wildman–Crippen MR) is 101 cm³/mol. The van der Waals surface area contributed by atoms with Crippen LogP contribution in [-0.2, 0) is 17.8 Å². The van der Waals surface area contributed by atoms with Crippen molar-refractivity contribution in [2.45, 2.75) is 19.9 Å². The third-order valence-electron chi connectivity index (χ3n) is 5.31. The lowest BCUT2D eigenvalue weighted by molar-refractivity contribution is -0.129. The molecule has 1 fully saturated rings. The minimum absolute atomic E-state index is 0.0301. The van der Waals surface area contributed by atoms with Crippen LogP contribution in [0.2, 0.25) is 0 Å². The van der Waals surface area contributed by atoms with Crippen molar-refractivity contribution >= 4 is 17.8 Å².